The van der Waals surface area contributed by atoms with Crippen LogP contribution in [0.5, 0.6) is 0 Å². The molecule has 1 aromatic heterocycles. The number of amides is 1. The van der Waals surface area contributed by atoms with Crippen LogP contribution in [-0.4, -0.2) is 23.5 Å². The van der Waals surface area contributed by atoms with Crippen LogP contribution in [0.2, 0.25) is 0 Å². The molecule has 5 nitrogen and oxygen atoms in total. The molecule has 0 unspecified atom stereocenters. The van der Waals surface area contributed by atoms with Crippen molar-refractivity contribution in [3.63, 3.8) is 0 Å². The van der Waals surface area contributed by atoms with Crippen LogP contribution in [0.15, 0.2) is 22.7 Å². The molecule has 0 atom stereocenters. The van der Waals surface area contributed by atoms with E-state index in [1.165, 1.54) is 11.3 Å². The molecule has 2 rings (SSSR count). The van der Waals surface area contributed by atoms with Crippen LogP contribution < -0.4 is 5.32 Å². The molecule has 2 aromatic rings. The fraction of sp³-hybridized carbons (Fsp3) is 0.400. The maximum atomic E-state index is 11.8. The predicted octanol–water partition coefficient (Wildman–Crippen LogP) is 3.98. The van der Waals surface area contributed by atoms with E-state index in [9.17, 15) is 9.59 Å². The van der Waals surface area contributed by atoms with Gasteiger partial charge in [-0.15, -0.1) is 0 Å². The first-order valence-electron chi connectivity index (χ1n) is 6.74. The SMILES string of the molecule is CC(C)(C)CC(=O)OCC(=O)Nc1nc2ccc(Br)cc2s1. The Balaban J connectivity index is 1.89. The second-order valence-corrected chi connectivity index (χ2v) is 8.02. The molecule has 0 aliphatic rings. The van der Waals surface area contributed by atoms with E-state index in [1.54, 1.807) is 0 Å². The van der Waals surface area contributed by atoms with Gasteiger partial charge >= 0.3 is 5.97 Å². The van der Waals surface area contributed by atoms with Gasteiger partial charge in [0.15, 0.2) is 11.7 Å². The number of benzene rings is 1. The van der Waals surface area contributed by atoms with Crippen molar-refractivity contribution < 1.29 is 14.3 Å². The minimum absolute atomic E-state index is 0.159. The van der Waals surface area contributed by atoms with Crippen molar-refractivity contribution in [1.82, 2.24) is 4.98 Å². The number of nitrogens with zero attached hydrogens (tertiary/aromatic N) is 1. The van der Waals surface area contributed by atoms with Gasteiger partial charge in [0.25, 0.3) is 5.91 Å². The van der Waals surface area contributed by atoms with E-state index in [1.807, 2.05) is 39.0 Å². The summed E-state index contributed by atoms with van der Waals surface area (Å²) in [5.41, 5.74) is 0.654. The number of hydrogen-bond acceptors (Lipinski definition) is 5. The van der Waals surface area contributed by atoms with E-state index < -0.39 is 0 Å². The minimum Gasteiger partial charge on any atom is -0.456 e. The Morgan fingerprint density at radius 3 is 2.77 bits per heavy atom. The number of halogens is 1. The Morgan fingerprint density at radius 2 is 2.09 bits per heavy atom. The first-order chi connectivity index (χ1) is 10.2. The summed E-state index contributed by atoms with van der Waals surface area (Å²) in [5.74, 6) is -0.767. The van der Waals surface area contributed by atoms with Crippen LogP contribution >= 0.6 is 27.3 Å². The zero-order valence-corrected chi connectivity index (χ0v) is 15.0. The number of anilines is 1. The number of esters is 1. The number of rotatable bonds is 4. The number of fused-ring (bicyclic) bond motifs is 1. The lowest BCUT2D eigenvalue weighted by Crippen LogP contribution is -2.23. The molecule has 1 heterocycles. The standard InChI is InChI=1S/C15H17BrN2O3S/c1-15(2,3)7-13(20)21-8-12(19)18-14-17-10-5-4-9(16)6-11(10)22-14/h4-6H,7-8H2,1-3H3,(H,17,18,19). The van der Waals surface area contributed by atoms with Crippen LogP contribution in [0.3, 0.4) is 0 Å². The van der Waals surface area contributed by atoms with Crippen LogP contribution in [0.25, 0.3) is 10.2 Å². The van der Waals surface area contributed by atoms with Gasteiger partial charge in [0.05, 0.1) is 16.6 Å². The third-order valence-electron chi connectivity index (χ3n) is 2.64. The fourth-order valence-corrected chi connectivity index (χ4v) is 3.17. The Kier molecular flexibility index (Phi) is 5.18. The maximum Gasteiger partial charge on any atom is 0.306 e. The highest BCUT2D eigenvalue weighted by atomic mass is 79.9. The summed E-state index contributed by atoms with van der Waals surface area (Å²) in [6, 6.07) is 5.70. The van der Waals surface area contributed by atoms with Crippen molar-refractivity contribution in [2.75, 3.05) is 11.9 Å². The Bertz CT molecular complexity index is 706. The lowest BCUT2D eigenvalue weighted by Gasteiger charge is -2.16. The maximum absolute atomic E-state index is 11.8. The van der Waals surface area contributed by atoms with E-state index in [0.717, 1.165) is 14.7 Å². The van der Waals surface area contributed by atoms with E-state index in [-0.39, 0.29) is 30.3 Å². The van der Waals surface area contributed by atoms with Crippen LogP contribution in [0.4, 0.5) is 5.13 Å². The molecule has 118 valence electrons. The highest BCUT2D eigenvalue weighted by Crippen LogP contribution is 2.28. The number of hydrogen-bond donors (Lipinski definition) is 1. The molecule has 7 heteroatoms. The molecule has 0 saturated heterocycles. The summed E-state index contributed by atoms with van der Waals surface area (Å²) in [7, 11) is 0. The van der Waals surface area contributed by atoms with Gasteiger partial charge < -0.3 is 4.74 Å². The molecule has 0 aliphatic heterocycles. The first kappa shape index (κ1) is 16.9. The van der Waals surface area contributed by atoms with E-state index in [0.29, 0.717) is 5.13 Å². The van der Waals surface area contributed by atoms with Gasteiger partial charge in [-0.2, -0.15) is 0 Å². The molecule has 1 N–H and O–H groups in total. The number of aromatic nitrogens is 1. The minimum atomic E-state index is -0.389. The third kappa shape index (κ3) is 5.06. The van der Waals surface area contributed by atoms with Gasteiger partial charge in [0.2, 0.25) is 0 Å². The summed E-state index contributed by atoms with van der Waals surface area (Å²) in [5, 5.41) is 3.14. The van der Waals surface area contributed by atoms with Crippen molar-refractivity contribution in [2.24, 2.45) is 5.41 Å². The lowest BCUT2D eigenvalue weighted by atomic mass is 9.93. The third-order valence-corrected chi connectivity index (χ3v) is 4.06. The van der Waals surface area contributed by atoms with Crippen LogP contribution in [0.1, 0.15) is 27.2 Å². The lowest BCUT2D eigenvalue weighted by molar-refractivity contribution is -0.149. The number of carbonyl (C=O) groups is 2. The van der Waals surface area contributed by atoms with Gasteiger partial charge in [0, 0.05) is 4.47 Å². The van der Waals surface area contributed by atoms with Gasteiger partial charge in [0.1, 0.15) is 0 Å². The Labute approximate surface area is 141 Å². The van der Waals surface area contributed by atoms with Crippen molar-refractivity contribution in [3.8, 4) is 0 Å². The topological polar surface area (TPSA) is 68.3 Å². The summed E-state index contributed by atoms with van der Waals surface area (Å²) >= 11 is 4.76. The number of ether oxygens (including phenoxy) is 1. The number of thiazole rings is 1. The second-order valence-electron chi connectivity index (χ2n) is 6.08. The Hall–Kier alpha value is -1.47. The summed E-state index contributed by atoms with van der Waals surface area (Å²) in [6.45, 7) is 5.52. The Morgan fingerprint density at radius 1 is 1.36 bits per heavy atom. The monoisotopic (exact) mass is 384 g/mol. The van der Waals surface area contributed by atoms with E-state index >= 15 is 0 Å². The van der Waals surface area contributed by atoms with Crippen molar-refractivity contribution in [3.05, 3.63) is 22.7 Å². The molecule has 0 aliphatic carbocycles. The molecule has 1 aromatic carbocycles. The summed E-state index contributed by atoms with van der Waals surface area (Å²) in [6.07, 6.45) is 0.273. The van der Waals surface area contributed by atoms with Gasteiger partial charge in [-0.1, -0.05) is 48.0 Å². The zero-order chi connectivity index (χ0) is 16.3. The summed E-state index contributed by atoms with van der Waals surface area (Å²) < 4.78 is 6.89. The van der Waals surface area contributed by atoms with E-state index in [2.05, 4.69) is 26.2 Å². The first-order valence-corrected chi connectivity index (χ1v) is 8.35. The number of carbonyl (C=O) groups excluding carboxylic acids is 2. The average Bonchev–Trinajstić information content (AvgIpc) is 2.75. The van der Waals surface area contributed by atoms with Crippen LogP contribution in [0, 0.1) is 5.41 Å². The normalized spacial score (nSPS) is 11.5. The molecule has 1 amide bonds. The molecule has 0 saturated carbocycles. The molecule has 22 heavy (non-hydrogen) atoms. The predicted molar refractivity (Wildman–Crippen MR) is 91.0 cm³/mol. The quantitative estimate of drug-likeness (QED) is 0.809. The molecule has 0 radical (unpaired) electrons. The van der Waals surface area contributed by atoms with Gasteiger partial charge in [-0.05, 0) is 23.6 Å². The van der Waals surface area contributed by atoms with Gasteiger partial charge in [-0.25, -0.2) is 4.98 Å². The molecule has 0 bridgehead atoms. The molecular weight excluding hydrogens is 368 g/mol. The largest absolute Gasteiger partial charge is 0.456 e. The van der Waals surface area contributed by atoms with E-state index in [4.69, 9.17) is 4.74 Å². The number of nitrogens with one attached hydrogen (secondary N) is 1. The average molecular weight is 385 g/mol. The summed E-state index contributed by atoms with van der Waals surface area (Å²) in [4.78, 5) is 27.7. The van der Waals surface area contributed by atoms with Crippen molar-refractivity contribution in [2.45, 2.75) is 27.2 Å². The molecule has 0 fully saturated rings. The fourth-order valence-electron chi connectivity index (χ4n) is 1.74. The van der Waals surface area contributed by atoms with Gasteiger partial charge in [-0.3, -0.25) is 14.9 Å². The highest BCUT2D eigenvalue weighted by molar-refractivity contribution is 9.10. The highest BCUT2D eigenvalue weighted by Gasteiger charge is 2.18. The van der Waals surface area contributed by atoms with Crippen LogP contribution in [-0.2, 0) is 14.3 Å². The van der Waals surface area contributed by atoms with Crippen molar-refractivity contribution >= 4 is 54.5 Å². The smallest absolute Gasteiger partial charge is 0.306 e. The molecular formula is C15H17BrN2O3S. The molecule has 0 spiro atoms. The van der Waals surface area contributed by atoms with Crippen molar-refractivity contribution in [1.29, 1.82) is 0 Å². The zero-order valence-electron chi connectivity index (χ0n) is 12.6. The second kappa shape index (κ2) is 6.75.